The van der Waals surface area contributed by atoms with E-state index in [2.05, 4.69) is 0 Å². The van der Waals surface area contributed by atoms with Crippen LogP contribution in [-0.2, 0) is 21.4 Å². The number of fused-ring (bicyclic) bond motifs is 1. The first-order chi connectivity index (χ1) is 9.98. The summed E-state index contributed by atoms with van der Waals surface area (Å²) >= 11 is 6.28. The van der Waals surface area contributed by atoms with Crippen molar-refractivity contribution in [3.05, 3.63) is 44.9 Å². The molecule has 0 amide bonds. The van der Waals surface area contributed by atoms with Crippen LogP contribution in [0.2, 0.25) is 0 Å². The average Bonchev–Trinajstić information content (AvgIpc) is 2.45. The van der Waals surface area contributed by atoms with Gasteiger partial charge in [0.05, 0.1) is 12.3 Å². The molecular weight excluding hydrogens is 296 g/mol. The van der Waals surface area contributed by atoms with Crippen LogP contribution in [0, 0.1) is 0 Å². The largest absolute Gasteiger partial charge is 0.465 e. The summed E-state index contributed by atoms with van der Waals surface area (Å²) in [7, 11) is 0. The number of nitrogen functional groups attached to an aromatic ring is 1. The summed E-state index contributed by atoms with van der Waals surface area (Å²) in [6.45, 7) is 1.53. The van der Waals surface area contributed by atoms with E-state index in [9.17, 15) is 14.7 Å². The number of nitrogens with two attached hydrogens (primary N) is 1. The molecule has 0 spiro atoms. The van der Waals surface area contributed by atoms with Crippen LogP contribution < -0.4 is 11.3 Å². The van der Waals surface area contributed by atoms with E-state index >= 15 is 0 Å². The lowest BCUT2D eigenvalue weighted by Crippen LogP contribution is -2.46. The number of aromatic nitrogens is 1. The highest BCUT2D eigenvalue weighted by molar-refractivity contribution is 6.33. The Hall–Kier alpha value is -1.79. The molecular formula is C14H17ClN2O4. The Kier molecular flexibility index (Phi) is 4.39. The number of aliphatic hydroxyl groups is 1. The van der Waals surface area contributed by atoms with Gasteiger partial charge in [-0.15, -0.1) is 0 Å². The number of hydrogen-bond donors (Lipinski definition) is 2. The number of rotatable bonds is 4. The summed E-state index contributed by atoms with van der Waals surface area (Å²) in [5, 5.41) is 9.60. The van der Waals surface area contributed by atoms with Crippen LogP contribution in [0.3, 0.4) is 0 Å². The highest BCUT2D eigenvalue weighted by Gasteiger charge is 2.49. The number of nitrogens with zero attached hydrogens (tertiary/aromatic N) is 1. The van der Waals surface area contributed by atoms with E-state index in [1.54, 1.807) is 13.0 Å². The minimum atomic E-state index is -1.44. The maximum Gasteiger partial charge on any atom is 0.323 e. The van der Waals surface area contributed by atoms with Crippen molar-refractivity contribution in [1.29, 1.82) is 0 Å². The molecule has 1 aromatic rings. The molecule has 1 aliphatic carbocycles. The van der Waals surface area contributed by atoms with Gasteiger partial charge in [-0.3, -0.25) is 14.3 Å². The molecule has 1 unspecified atom stereocenters. The third-order valence-electron chi connectivity index (χ3n) is 3.64. The molecule has 0 aliphatic heterocycles. The predicted octanol–water partition coefficient (Wildman–Crippen LogP) is 0.424. The monoisotopic (exact) mass is 312 g/mol. The number of esters is 1. The number of ether oxygens (including phenoxy) is 1. The van der Waals surface area contributed by atoms with Gasteiger partial charge in [-0.05, 0) is 19.8 Å². The van der Waals surface area contributed by atoms with E-state index in [4.69, 9.17) is 22.2 Å². The molecule has 1 aliphatic rings. The molecule has 6 nitrogen and oxygen atoms in total. The highest BCUT2D eigenvalue weighted by atomic mass is 35.5. The fourth-order valence-corrected chi connectivity index (χ4v) is 3.04. The van der Waals surface area contributed by atoms with Crippen LogP contribution in [0.5, 0.6) is 0 Å². The SMILES string of the molecule is CCOC(=O)C1(CCO)C(Cl)=CCc2c1n(N)ccc2=O. The average molecular weight is 313 g/mol. The van der Waals surface area contributed by atoms with Crippen molar-refractivity contribution < 1.29 is 14.6 Å². The second kappa shape index (κ2) is 5.91. The molecule has 7 heteroatoms. The first-order valence-corrected chi connectivity index (χ1v) is 7.01. The van der Waals surface area contributed by atoms with Crippen LogP contribution in [-0.4, -0.2) is 29.0 Å². The van der Waals surface area contributed by atoms with Gasteiger partial charge in [0.1, 0.15) is 5.41 Å². The van der Waals surface area contributed by atoms with E-state index in [0.29, 0.717) is 5.56 Å². The van der Waals surface area contributed by atoms with Gasteiger partial charge in [0.15, 0.2) is 5.43 Å². The smallest absolute Gasteiger partial charge is 0.323 e. The van der Waals surface area contributed by atoms with Gasteiger partial charge in [-0.1, -0.05) is 17.7 Å². The van der Waals surface area contributed by atoms with Crippen LogP contribution >= 0.6 is 11.6 Å². The van der Waals surface area contributed by atoms with Gasteiger partial charge in [0.25, 0.3) is 0 Å². The molecule has 0 bridgehead atoms. The molecule has 21 heavy (non-hydrogen) atoms. The first kappa shape index (κ1) is 15.6. The molecule has 1 aromatic heterocycles. The summed E-state index contributed by atoms with van der Waals surface area (Å²) in [5.41, 5.74) is -0.977. The fourth-order valence-electron chi connectivity index (χ4n) is 2.71. The fraction of sp³-hybridized carbons (Fsp3) is 0.429. The minimum absolute atomic E-state index is 0.00514. The Balaban J connectivity index is 2.77. The lowest BCUT2D eigenvalue weighted by molar-refractivity contribution is -0.149. The molecule has 0 saturated heterocycles. The van der Waals surface area contributed by atoms with Crippen LogP contribution in [0.15, 0.2) is 28.2 Å². The third kappa shape index (κ3) is 2.34. The summed E-state index contributed by atoms with van der Waals surface area (Å²) in [6.07, 6.45) is 3.26. The van der Waals surface area contributed by atoms with Crippen LogP contribution in [0.4, 0.5) is 0 Å². The maximum atomic E-state index is 12.5. The van der Waals surface area contributed by atoms with E-state index < -0.39 is 11.4 Å². The number of aliphatic hydroxyl groups excluding tert-OH is 1. The van der Waals surface area contributed by atoms with Gasteiger partial charge >= 0.3 is 5.97 Å². The van der Waals surface area contributed by atoms with Crippen molar-refractivity contribution in [3.63, 3.8) is 0 Å². The molecule has 1 heterocycles. The van der Waals surface area contributed by atoms with Gasteiger partial charge < -0.3 is 15.7 Å². The highest BCUT2D eigenvalue weighted by Crippen LogP contribution is 2.42. The Morgan fingerprint density at radius 1 is 1.62 bits per heavy atom. The Morgan fingerprint density at radius 2 is 2.33 bits per heavy atom. The van der Waals surface area contributed by atoms with Gasteiger partial charge in [0, 0.05) is 29.5 Å². The molecule has 3 N–H and O–H groups in total. The van der Waals surface area contributed by atoms with Gasteiger partial charge in [-0.2, -0.15) is 0 Å². The van der Waals surface area contributed by atoms with E-state index in [1.165, 1.54) is 16.9 Å². The van der Waals surface area contributed by atoms with Crippen molar-refractivity contribution in [2.24, 2.45) is 0 Å². The van der Waals surface area contributed by atoms with Crippen LogP contribution in [0.1, 0.15) is 24.6 Å². The Morgan fingerprint density at radius 3 is 2.95 bits per heavy atom. The molecule has 114 valence electrons. The van der Waals surface area contributed by atoms with Crippen LogP contribution in [0.25, 0.3) is 0 Å². The standard InChI is InChI=1S/C14H17ClN2O4/c1-2-21-13(20)14(6-8-18)11(15)4-3-9-10(19)5-7-17(16)12(9)14/h4-5,7,18H,2-3,6,8,16H2,1H3. The van der Waals surface area contributed by atoms with Gasteiger partial charge in [-0.25, -0.2) is 0 Å². The lowest BCUT2D eigenvalue weighted by atomic mass is 9.74. The molecule has 1 atom stereocenters. The molecule has 0 fully saturated rings. The quantitative estimate of drug-likeness (QED) is 0.621. The zero-order valence-electron chi connectivity index (χ0n) is 11.6. The van der Waals surface area contributed by atoms with E-state index in [0.717, 1.165) is 0 Å². The molecule has 0 saturated carbocycles. The lowest BCUT2D eigenvalue weighted by Gasteiger charge is -2.36. The zero-order chi connectivity index (χ0) is 15.6. The van der Waals surface area contributed by atoms with Crippen molar-refractivity contribution in [2.45, 2.75) is 25.2 Å². The minimum Gasteiger partial charge on any atom is -0.465 e. The van der Waals surface area contributed by atoms with Crippen molar-refractivity contribution in [2.75, 3.05) is 19.1 Å². The first-order valence-electron chi connectivity index (χ1n) is 6.63. The topological polar surface area (TPSA) is 94.6 Å². The number of allylic oxidation sites excluding steroid dienone is 1. The molecule has 0 radical (unpaired) electrons. The number of halogens is 1. The number of pyridine rings is 1. The van der Waals surface area contributed by atoms with Crippen molar-refractivity contribution >= 4 is 17.6 Å². The van der Waals surface area contributed by atoms with Crippen molar-refractivity contribution in [3.8, 4) is 0 Å². The second-order valence-corrected chi connectivity index (χ2v) is 5.18. The summed E-state index contributed by atoms with van der Waals surface area (Å²) in [5.74, 6) is 5.30. The summed E-state index contributed by atoms with van der Waals surface area (Å²) in [4.78, 5) is 24.6. The Labute approximate surface area is 126 Å². The van der Waals surface area contributed by atoms with Gasteiger partial charge in [0.2, 0.25) is 0 Å². The Bertz CT molecular complexity index is 653. The number of carbonyl (C=O) groups excluding carboxylic acids is 1. The molecule has 0 aromatic carbocycles. The summed E-state index contributed by atoms with van der Waals surface area (Å²) in [6, 6.07) is 1.33. The second-order valence-electron chi connectivity index (χ2n) is 4.77. The van der Waals surface area contributed by atoms with Crippen molar-refractivity contribution in [1.82, 2.24) is 4.68 Å². The maximum absolute atomic E-state index is 12.5. The molecule has 2 rings (SSSR count). The number of hydrogen-bond acceptors (Lipinski definition) is 5. The number of carbonyl (C=O) groups is 1. The van der Waals surface area contributed by atoms with E-state index in [1.807, 2.05) is 0 Å². The predicted molar refractivity (Wildman–Crippen MR) is 78.5 cm³/mol. The normalized spacial score (nSPS) is 20.6. The summed E-state index contributed by atoms with van der Waals surface area (Å²) < 4.78 is 6.32. The zero-order valence-corrected chi connectivity index (χ0v) is 12.4. The third-order valence-corrected chi connectivity index (χ3v) is 4.11. The van der Waals surface area contributed by atoms with E-state index in [-0.39, 0.29) is 42.2 Å².